The molecule has 4 nitrogen and oxygen atoms in total. The summed E-state index contributed by atoms with van der Waals surface area (Å²) in [6.45, 7) is 0.181. The van der Waals surface area contributed by atoms with E-state index in [2.05, 4.69) is 20.9 Å². The average molecular weight is 247 g/mol. The highest BCUT2D eigenvalue weighted by Gasteiger charge is 2.08. The summed E-state index contributed by atoms with van der Waals surface area (Å²) in [7, 11) is 1.53. The fraction of sp³-hybridized carbons (Fsp3) is 0.375. The number of hydrogen-bond donors (Lipinski definition) is 2. The molecule has 0 aromatic carbocycles. The minimum atomic E-state index is -0.672. The summed E-state index contributed by atoms with van der Waals surface area (Å²) in [5.74, 6) is 0.493. The van der Waals surface area contributed by atoms with Gasteiger partial charge in [-0.3, -0.25) is 0 Å². The second-order valence-corrected chi connectivity index (χ2v) is 3.37. The van der Waals surface area contributed by atoms with Gasteiger partial charge in [-0.25, -0.2) is 4.98 Å². The van der Waals surface area contributed by atoms with Gasteiger partial charge in [0.05, 0.1) is 17.7 Å². The summed E-state index contributed by atoms with van der Waals surface area (Å²) in [6, 6.07) is 1.74. The molecule has 1 unspecified atom stereocenters. The number of nitrogens with two attached hydrogens (primary N) is 1. The maximum atomic E-state index is 9.39. The zero-order valence-electron chi connectivity index (χ0n) is 7.20. The van der Waals surface area contributed by atoms with Crippen LogP contribution < -0.4 is 10.5 Å². The molecule has 72 valence electrons. The Kier molecular flexibility index (Phi) is 3.65. The molecule has 0 saturated heterocycles. The van der Waals surface area contributed by atoms with Crippen molar-refractivity contribution in [1.29, 1.82) is 0 Å². The van der Waals surface area contributed by atoms with Crippen LogP contribution in [0.5, 0.6) is 5.88 Å². The first-order chi connectivity index (χ1) is 6.19. The number of hydrogen-bond acceptors (Lipinski definition) is 4. The van der Waals surface area contributed by atoms with E-state index >= 15 is 0 Å². The third kappa shape index (κ3) is 2.40. The van der Waals surface area contributed by atoms with Crippen molar-refractivity contribution in [2.24, 2.45) is 5.73 Å². The highest BCUT2D eigenvalue weighted by Crippen LogP contribution is 2.24. The lowest BCUT2D eigenvalue weighted by Gasteiger charge is -2.09. The average Bonchev–Trinajstić information content (AvgIpc) is 2.16. The Morgan fingerprint density at radius 1 is 1.77 bits per heavy atom. The summed E-state index contributed by atoms with van der Waals surface area (Å²) in [5.41, 5.74) is 5.98. The lowest BCUT2D eigenvalue weighted by molar-refractivity contribution is 0.186. The normalized spacial score (nSPS) is 12.6. The highest BCUT2D eigenvalue weighted by atomic mass is 79.9. The van der Waals surface area contributed by atoms with Gasteiger partial charge >= 0.3 is 0 Å². The van der Waals surface area contributed by atoms with Gasteiger partial charge in [-0.05, 0) is 22.0 Å². The first-order valence-electron chi connectivity index (χ1n) is 3.76. The van der Waals surface area contributed by atoms with Gasteiger partial charge in [0, 0.05) is 18.3 Å². The molecule has 0 fully saturated rings. The number of rotatable bonds is 3. The van der Waals surface area contributed by atoms with Gasteiger partial charge in [-0.15, -0.1) is 0 Å². The van der Waals surface area contributed by atoms with E-state index in [0.29, 0.717) is 15.9 Å². The van der Waals surface area contributed by atoms with Gasteiger partial charge in [-0.2, -0.15) is 0 Å². The van der Waals surface area contributed by atoms with Crippen molar-refractivity contribution in [2.45, 2.75) is 6.10 Å². The van der Waals surface area contributed by atoms with Crippen LogP contribution in [-0.2, 0) is 0 Å². The van der Waals surface area contributed by atoms with Crippen LogP contribution in [0.4, 0.5) is 0 Å². The van der Waals surface area contributed by atoms with Crippen molar-refractivity contribution in [1.82, 2.24) is 4.98 Å². The number of aliphatic hydroxyl groups is 1. The molecule has 0 aliphatic rings. The maximum absolute atomic E-state index is 9.39. The van der Waals surface area contributed by atoms with Gasteiger partial charge in [0.2, 0.25) is 5.88 Å². The van der Waals surface area contributed by atoms with Crippen LogP contribution in [0.15, 0.2) is 16.7 Å². The number of ether oxygens (including phenoxy) is 1. The topological polar surface area (TPSA) is 68.4 Å². The van der Waals surface area contributed by atoms with Crippen molar-refractivity contribution in [2.75, 3.05) is 13.7 Å². The molecule has 5 heteroatoms. The lowest BCUT2D eigenvalue weighted by atomic mass is 10.2. The number of methoxy groups -OCH3 is 1. The first kappa shape index (κ1) is 10.4. The van der Waals surface area contributed by atoms with E-state index in [9.17, 15) is 5.11 Å². The quantitative estimate of drug-likeness (QED) is 0.830. The Morgan fingerprint density at radius 2 is 2.46 bits per heavy atom. The molecule has 1 rings (SSSR count). The van der Waals surface area contributed by atoms with Crippen LogP contribution in [0, 0.1) is 0 Å². The fourth-order valence-electron chi connectivity index (χ4n) is 0.909. The van der Waals surface area contributed by atoms with E-state index in [4.69, 9.17) is 10.5 Å². The molecule has 0 amide bonds. The van der Waals surface area contributed by atoms with E-state index in [1.807, 2.05) is 0 Å². The molecule has 1 atom stereocenters. The van der Waals surface area contributed by atoms with E-state index < -0.39 is 6.10 Å². The summed E-state index contributed by atoms with van der Waals surface area (Å²) >= 11 is 3.27. The largest absolute Gasteiger partial charge is 0.480 e. The highest BCUT2D eigenvalue weighted by molar-refractivity contribution is 9.10. The van der Waals surface area contributed by atoms with E-state index in [0.717, 1.165) is 0 Å². The van der Waals surface area contributed by atoms with Crippen molar-refractivity contribution in [3.8, 4) is 5.88 Å². The molecule has 3 N–H and O–H groups in total. The predicted molar refractivity (Wildman–Crippen MR) is 52.5 cm³/mol. The van der Waals surface area contributed by atoms with Crippen molar-refractivity contribution in [3.05, 3.63) is 22.3 Å². The molecule has 0 bridgehead atoms. The smallest absolute Gasteiger partial charge is 0.227 e. The van der Waals surface area contributed by atoms with Crippen LogP contribution >= 0.6 is 15.9 Å². The van der Waals surface area contributed by atoms with Crippen molar-refractivity contribution in [3.63, 3.8) is 0 Å². The standard InChI is InChI=1S/C8H11BrN2O2/c1-13-8-6(9)2-5(4-11-8)7(12)3-10/h2,4,7,12H,3,10H2,1H3. The van der Waals surface area contributed by atoms with Gasteiger partial charge in [0.15, 0.2) is 0 Å². The van der Waals surface area contributed by atoms with Crippen molar-refractivity contribution >= 4 is 15.9 Å². The van der Waals surface area contributed by atoms with E-state index in [1.165, 1.54) is 7.11 Å². The molecule has 0 aliphatic heterocycles. The van der Waals surface area contributed by atoms with Gasteiger partial charge < -0.3 is 15.6 Å². The van der Waals surface area contributed by atoms with Gasteiger partial charge in [-0.1, -0.05) is 0 Å². The molecule has 1 aromatic rings. The first-order valence-corrected chi connectivity index (χ1v) is 4.56. The Labute approximate surface area is 84.9 Å². The molecule has 0 saturated carbocycles. The number of nitrogens with zero attached hydrogens (tertiary/aromatic N) is 1. The monoisotopic (exact) mass is 246 g/mol. The minimum Gasteiger partial charge on any atom is -0.480 e. The molecule has 0 spiro atoms. The summed E-state index contributed by atoms with van der Waals surface area (Å²) in [6.07, 6.45) is 0.871. The third-order valence-electron chi connectivity index (χ3n) is 1.63. The number of halogens is 1. The molecule has 0 radical (unpaired) electrons. The Balaban J connectivity index is 2.95. The molecule has 0 aliphatic carbocycles. The number of aromatic nitrogens is 1. The van der Waals surface area contributed by atoms with Gasteiger partial charge in [0.1, 0.15) is 0 Å². The Morgan fingerprint density at radius 3 is 2.92 bits per heavy atom. The Hall–Kier alpha value is -0.650. The van der Waals surface area contributed by atoms with Gasteiger partial charge in [0.25, 0.3) is 0 Å². The summed E-state index contributed by atoms with van der Waals surface area (Å²) < 4.78 is 5.65. The molecule has 1 aromatic heterocycles. The van der Waals surface area contributed by atoms with Crippen LogP contribution in [0.1, 0.15) is 11.7 Å². The van der Waals surface area contributed by atoms with Crippen LogP contribution in [0.25, 0.3) is 0 Å². The third-order valence-corrected chi connectivity index (χ3v) is 2.20. The lowest BCUT2D eigenvalue weighted by Crippen LogP contribution is -2.11. The number of aliphatic hydroxyl groups excluding tert-OH is 1. The number of pyridine rings is 1. The zero-order chi connectivity index (χ0) is 9.84. The van der Waals surface area contributed by atoms with E-state index in [-0.39, 0.29) is 6.54 Å². The Bertz CT molecular complexity index is 293. The van der Waals surface area contributed by atoms with Crippen molar-refractivity contribution < 1.29 is 9.84 Å². The maximum Gasteiger partial charge on any atom is 0.227 e. The molecule has 1 heterocycles. The predicted octanol–water partition coefficient (Wildman–Crippen LogP) is 0.845. The van der Waals surface area contributed by atoms with Crippen LogP contribution in [0.2, 0.25) is 0 Å². The fourth-order valence-corrected chi connectivity index (χ4v) is 1.44. The molecular formula is C8H11BrN2O2. The second-order valence-electron chi connectivity index (χ2n) is 2.51. The van der Waals surface area contributed by atoms with Crippen LogP contribution in [-0.4, -0.2) is 23.7 Å². The minimum absolute atomic E-state index is 0.181. The van der Waals surface area contributed by atoms with E-state index in [1.54, 1.807) is 12.3 Å². The van der Waals surface area contributed by atoms with Crippen LogP contribution in [0.3, 0.4) is 0 Å². The molecular weight excluding hydrogens is 236 g/mol. The summed E-state index contributed by atoms with van der Waals surface area (Å²) in [5, 5.41) is 9.39. The molecule has 13 heavy (non-hydrogen) atoms. The second kappa shape index (κ2) is 4.55. The summed E-state index contributed by atoms with van der Waals surface area (Å²) in [4.78, 5) is 3.98. The SMILES string of the molecule is COc1ncc(C(O)CN)cc1Br. The zero-order valence-corrected chi connectivity index (χ0v) is 8.78.